The molecular formula is C12H20N2S. The van der Waals surface area contributed by atoms with E-state index in [-0.39, 0.29) is 0 Å². The summed E-state index contributed by atoms with van der Waals surface area (Å²) in [6.45, 7) is 2.37. The van der Waals surface area contributed by atoms with Crippen LogP contribution in [0.15, 0.2) is 11.7 Å². The van der Waals surface area contributed by atoms with Crippen molar-refractivity contribution in [3.8, 4) is 0 Å². The molecule has 15 heavy (non-hydrogen) atoms. The molecule has 2 rings (SSSR count). The highest BCUT2D eigenvalue weighted by molar-refractivity contribution is 7.09. The minimum atomic E-state index is 0.649. The van der Waals surface area contributed by atoms with Crippen molar-refractivity contribution in [1.82, 2.24) is 10.3 Å². The van der Waals surface area contributed by atoms with E-state index in [2.05, 4.69) is 24.3 Å². The molecule has 3 atom stereocenters. The third-order valence-electron chi connectivity index (χ3n) is 3.58. The van der Waals surface area contributed by atoms with Crippen molar-refractivity contribution in [3.63, 3.8) is 0 Å². The molecule has 3 unspecified atom stereocenters. The Kier molecular flexibility index (Phi) is 3.76. The molecule has 0 aliphatic heterocycles. The van der Waals surface area contributed by atoms with Gasteiger partial charge >= 0.3 is 0 Å². The molecule has 1 N–H and O–H groups in total. The number of thiazole rings is 1. The van der Waals surface area contributed by atoms with Gasteiger partial charge in [-0.05, 0) is 38.1 Å². The van der Waals surface area contributed by atoms with Crippen LogP contribution in [0, 0.1) is 11.8 Å². The van der Waals surface area contributed by atoms with E-state index in [1.54, 1.807) is 11.3 Å². The highest BCUT2D eigenvalue weighted by atomic mass is 32.1. The lowest BCUT2D eigenvalue weighted by atomic mass is 9.94. The Bertz CT molecular complexity index is 284. The summed E-state index contributed by atoms with van der Waals surface area (Å²) in [5, 5.41) is 3.48. The van der Waals surface area contributed by atoms with Crippen molar-refractivity contribution in [1.29, 1.82) is 0 Å². The minimum Gasteiger partial charge on any atom is -0.316 e. The highest BCUT2D eigenvalue weighted by Crippen LogP contribution is 2.33. The normalized spacial score (nSPS) is 28.1. The Morgan fingerprint density at radius 1 is 1.60 bits per heavy atom. The van der Waals surface area contributed by atoms with Crippen molar-refractivity contribution in [2.45, 2.75) is 38.6 Å². The van der Waals surface area contributed by atoms with E-state index in [4.69, 9.17) is 0 Å². The third-order valence-corrected chi connectivity index (χ3v) is 4.38. The second-order valence-electron chi connectivity index (χ2n) is 4.75. The molecule has 0 radical (unpaired) electrons. The molecular weight excluding hydrogens is 204 g/mol. The molecule has 1 heterocycles. The molecule has 0 spiro atoms. The van der Waals surface area contributed by atoms with Crippen LogP contribution in [-0.2, 0) is 6.42 Å². The van der Waals surface area contributed by atoms with Gasteiger partial charge in [-0.2, -0.15) is 0 Å². The van der Waals surface area contributed by atoms with E-state index in [1.807, 2.05) is 11.7 Å². The van der Waals surface area contributed by atoms with Gasteiger partial charge in [0.05, 0.1) is 5.51 Å². The Morgan fingerprint density at radius 2 is 2.47 bits per heavy atom. The maximum atomic E-state index is 4.14. The van der Waals surface area contributed by atoms with Gasteiger partial charge in [0.2, 0.25) is 0 Å². The van der Waals surface area contributed by atoms with Gasteiger partial charge in [0.15, 0.2) is 0 Å². The standard InChI is InChI=1S/C12H20N2S/c1-9-3-4-10(5-9)12(13-2)6-11-7-14-8-15-11/h7-10,12-13H,3-6H2,1-2H3. The predicted molar refractivity (Wildman–Crippen MR) is 65.2 cm³/mol. The molecule has 0 amide bonds. The molecule has 84 valence electrons. The molecule has 1 aromatic heterocycles. The van der Waals surface area contributed by atoms with Crippen LogP contribution in [0.3, 0.4) is 0 Å². The van der Waals surface area contributed by atoms with Crippen molar-refractivity contribution >= 4 is 11.3 Å². The third kappa shape index (κ3) is 2.79. The quantitative estimate of drug-likeness (QED) is 0.850. The fraction of sp³-hybridized carbons (Fsp3) is 0.750. The van der Waals surface area contributed by atoms with Gasteiger partial charge in [-0.1, -0.05) is 13.3 Å². The van der Waals surface area contributed by atoms with Crippen LogP contribution >= 0.6 is 11.3 Å². The number of hydrogen-bond acceptors (Lipinski definition) is 3. The summed E-state index contributed by atoms with van der Waals surface area (Å²) in [6.07, 6.45) is 7.35. The molecule has 0 aromatic carbocycles. The van der Waals surface area contributed by atoms with E-state index >= 15 is 0 Å². The fourth-order valence-corrected chi connectivity index (χ4v) is 3.34. The van der Waals surface area contributed by atoms with Crippen molar-refractivity contribution < 1.29 is 0 Å². The molecule has 3 heteroatoms. The van der Waals surface area contributed by atoms with Crippen LogP contribution in [0.5, 0.6) is 0 Å². The maximum absolute atomic E-state index is 4.14. The number of nitrogens with zero attached hydrogens (tertiary/aromatic N) is 1. The Hall–Kier alpha value is -0.410. The zero-order chi connectivity index (χ0) is 10.7. The Balaban J connectivity index is 1.92. The summed E-state index contributed by atoms with van der Waals surface area (Å²) >= 11 is 1.78. The maximum Gasteiger partial charge on any atom is 0.0794 e. The van der Waals surface area contributed by atoms with Gasteiger partial charge < -0.3 is 5.32 Å². The predicted octanol–water partition coefficient (Wildman–Crippen LogP) is 2.71. The average Bonchev–Trinajstić information content (AvgIpc) is 2.85. The molecule has 1 aromatic rings. The number of nitrogens with one attached hydrogen (secondary N) is 1. The van der Waals surface area contributed by atoms with Crippen LogP contribution in [0.4, 0.5) is 0 Å². The first kappa shape index (κ1) is 11.1. The van der Waals surface area contributed by atoms with Crippen molar-refractivity contribution in [2.24, 2.45) is 11.8 Å². The van der Waals surface area contributed by atoms with E-state index in [0.29, 0.717) is 6.04 Å². The average molecular weight is 224 g/mol. The lowest BCUT2D eigenvalue weighted by Crippen LogP contribution is -2.34. The number of likely N-dealkylation sites (N-methyl/N-ethyl adjacent to an activating group) is 1. The molecule has 0 saturated heterocycles. The van der Waals surface area contributed by atoms with Crippen LogP contribution in [0.2, 0.25) is 0 Å². The minimum absolute atomic E-state index is 0.649. The molecule has 1 saturated carbocycles. The molecule has 1 fully saturated rings. The number of aromatic nitrogens is 1. The highest BCUT2D eigenvalue weighted by Gasteiger charge is 2.28. The second-order valence-corrected chi connectivity index (χ2v) is 5.72. The topological polar surface area (TPSA) is 24.9 Å². The van der Waals surface area contributed by atoms with Gasteiger partial charge in [-0.25, -0.2) is 0 Å². The van der Waals surface area contributed by atoms with Gasteiger partial charge in [0.1, 0.15) is 0 Å². The monoisotopic (exact) mass is 224 g/mol. The van der Waals surface area contributed by atoms with Crippen LogP contribution in [0.1, 0.15) is 31.1 Å². The van der Waals surface area contributed by atoms with E-state index < -0.39 is 0 Å². The van der Waals surface area contributed by atoms with Gasteiger partial charge in [-0.3, -0.25) is 4.98 Å². The second kappa shape index (κ2) is 5.08. The summed E-state index contributed by atoms with van der Waals surface area (Å²) < 4.78 is 0. The van der Waals surface area contributed by atoms with Crippen LogP contribution in [0.25, 0.3) is 0 Å². The largest absolute Gasteiger partial charge is 0.316 e. The zero-order valence-corrected chi connectivity index (χ0v) is 10.4. The lowest BCUT2D eigenvalue weighted by molar-refractivity contribution is 0.369. The van der Waals surface area contributed by atoms with Crippen molar-refractivity contribution in [3.05, 3.63) is 16.6 Å². The van der Waals surface area contributed by atoms with Crippen LogP contribution in [-0.4, -0.2) is 18.1 Å². The van der Waals surface area contributed by atoms with E-state index in [1.165, 1.54) is 24.1 Å². The molecule has 1 aliphatic rings. The Morgan fingerprint density at radius 3 is 3.00 bits per heavy atom. The molecule has 1 aliphatic carbocycles. The van der Waals surface area contributed by atoms with E-state index in [0.717, 1.165) is 18.3 Å². The van der Waals surface area contributed by atoms with Crippen molar-refractivity contribution in [2.75, 3.05) is 7.05 Å². The van der Waals surface area contributed by atoms with Gasteiger partial charge in [-0.15, -0.1) is 11.3 Å². The summed E-state index contributed by atoms with van der Waals surface area (Å²) in [5.74, 6) is 1.79. The summed E-state index contributed by atoms with van der Waals surface area (Å²) in [6, 6.07) is 0.649. The zero-order valence-electron chi connectivity index (χ0n) is 9.57. The summed E-state index contributed by atoms with van der Waals surface area (Å²) in [5.41, 5.74) is 1.93. The SMILES string of the molecule is CNC(Cc1cncs1)C1CCC(C)C1. The lowest BCUT2D eigenvalue weighted by Gasteiger charge is -2.22. The van der Waals surface area contributed by atoms with Gasteiger partial charge in [0, 0.05) is 17.1 Å². The molecule has 2 nitrogen and oxygen atoms in total. The summed E-state index contributed by atoms with van der Waals surface area (Å²) in [4.78, 5) is 5.55. The fourth-order valence-electron chi connectivity index (χ4n) is 2.68. The number of hydrogen-bond donors (Lipinski definition) is 1. The Labute approximate surface area is 96.1 Å². The number of rotatable bonds is 4. The first-order chi connectivity index (χ1) is 7.29. The van der Waals surface area contributed by atoms with Crippen LogP contribution < -0.4 is 5.32 Å². The smallest absolute Gasteiger partial charge is 0.0794 e. The van der Waals surface area contributed by atoms with Gasteiger partial charge in [0.25, 0.3) is 0 Å². The first-order valence-corrected chi connectivity index (χ1v) is 6.72. The molecule has 0 bridgehead atoms. The van der Waals surface area contributed by atoms with E-state index in [9.17, 15) is 0 Å². The first-order valence-electron chi connectivity index (χ1n) is 5.84. The summed E-state index contributed by atoms with van der Waals surface area (Å²) in [7, 11) is 2.09.